The molecule has 0 saturated carbocycles. The summed E-state index contributed by atoms with van der Waals surface area (Å²) in [5.74, 6) is 0. The van der Waals surface area contributed by atoms with Gasteiger partial charge in [0, 0.05) is 6.42 Å². The second-order valence-electron chi connectivity index (χ2n) is 4.03. The molecule has 1 aromatic carbocycles. The molecule has 0 bridgehead atoms. The Bertz CT molecular complexity index is 289. The molecule has 0 aromatic heterocycles. The number of unbranched alkanes of at least 4 members (excludes halogenated alkanes) is 1. The van der Waals surface area contributed by atoms with Crippen molar-refractivity contribution in [1.82, 2.24) is 0 Å². The minimum Gasteiger partial charge on any atom is -0.373 e. The van der Waals surface area contributed by atoms with E-state index in [1.165, 1.54) is 30.4 Å². The fraction of sp³-hybridized carbons (Fsp3) is 0.538. The Labute approximate surface area is 86.1 Å². The maximum absolute atomic E-state index is 5.27. The van der Waals surface area contributed by atoms with E-state index in [2.05, 4.69) is 31.2 Å². The van der Waals surface area contributed by atoms with Crippen molar-refractivity contribution >= 4 is 0 Å². The van der Waals surface area contributed by atoms with Gasteiger partial charge in [-0.2, -0.15) is 0 Å². The maximum atomic E-state index is 5.27. The Morgan fingerprint density at radius 2 is 2.00 bits per heavy atom. The zero-order valence-electron chi connectivity index (χ0n) is 8.83. The van der Waals surface area contributed by atoms with E-state index in [4.69, 9.17) is 4.74 Å². The molecule has 2 rings (SSSR count). The van der Waals surface area contributed by atoms with Crippen LogP contribution in [0.15, 0.2) is 24.3 Å². The van der Waals surface area contributed by atoms with Crippen LogP contribution < -0.4 is 0 Å². The fourth-order valence-electron chi connectivity index (χ4n) is 1.80. The number of rotatable bonds is 5. The quantitative estimate of drug-likeness (QED) is 0.650. The molecule has 1 atom stereocenters. The van der Waals surface area contributed by atoms with Crippen LogP contribution in [0.4, 0.5) is 0 Å². The maximum Gasteiger partial charge on any atom is 0.0850 e. The Morgan fingerprint density at radius 1 is 1.29 bits per heavy atom. The lowest BCUT2D eigenvalue weighted by Crippen LogP contribution is -1.98. The molecule has 1 heterocycles. The lowest BCUT2D eigenvalue weighted by Gasteiger charge is -2.07. The average Bonchev–Trinajstić information content (AvgIpc) is 3.01. The van der Waals surface area contributed by atoms with Crippen molar-refractivity contribution in [3.05, 3.63) is 35.4 Å². The van der Waals surface area contributed by atoms with Gasteiger partial charge in [-0.05, 0) is 24.0 Å². The molecule has 0 N–H and O–H groups in total. The number of epoxide rings is 1. The van der Waals surface area contributed by atoms with Crippen LogP contribution in [0.25, 0.3) is 0 Å². The summed E-state index contributed by atoms with van der Waals surface area (Å²) in [7, 11) is 0. The van der Waals surface area contributed by atoms with Gasteiger partial charge in [0.05, 0.1) is 12.7 Å². The first kappa shape index (κ1) is 9.72. The van der Waals surface area contributed by atoms with E-state index < -0.39 is 0 Å². The minimum absolute atomic E-state index is 0.512. The van der Waals surface area contributed by atoms with Crippen LogP contribution in [0.5, 0.6) is 0 Å². The number of hydrogen-bond donors (Lipinski definition) is 0. The second kappa shape index (κ2) is 4.61. The molecule has 1 aromatic rings. The molecule has 0 amide bonds. The summed E-state index contributed by atoms with van der Waals surface area (Å²) in [6.07, 6.45) is 5.41. The summed E-state index contributed by atoms with van der Waals surface area (Å²) in [5, 5.41) is 0. The molecule has 14 heavy (non-hydrogen) atoms. The van der Waals surface area contributed by atoms with E-state index in [0.29, 0.717) is 6.10 Å². The Morgan fingerprint density at radius 3 is 2.64 bits per heavy atom. The molecule has 1 unspecified atom stereocenters. The van der Waals surface area contributed by atoms with Crippen molar-refractivity contribution in [3.63, 3.8) is 0 Å². The standard InChI is InChI=1S/C13H18O/c1-2-3-6-11-7-4-5-8-12(11)9-13-10-14-13/h4-5,7-8,13H,2-3,6,9-10H2,1H3. The lowest BCUT2D eigenvalue weighted by atomic mass is 9.99. The third kappa shape index (κ3) is 2.58. The van der Waals surface area contributed by atoms with Gasteiger partial charge in [-0.25, -0.2) is 0 Å². The topological polar surface area (TPSA) is 12.5 Å². The van der Waals surface area contributed by atoms with Crippen molar-refractivity contribution < 1.29 is 4.74 Å². The van der Waals surface area contributed by atoms with Crippen LogP contribution in [-0.2, 0) is 17.6 Å². The molecule has 76 valence electrons. The van der Waals surface area contributed by atoms with E-state index in [0.717, 1.165) is 13.0 Å². The average molecular weight is 190 g/mol. The number of benzene rings is 1. The van der Waals surface area contributed by atoms with Crippen LogP contribution in [0.1, 0.15) is 30.9 Å². The molecule has 1 heteroatoms. The summed E-state index contributed by atoms with van der Waals surface area (Å²) in [4.78, 5) is 0. The van der Waals surface area contributed by atoms with Gasteiger partial charge >= 0.3 is 0 Å². The summed E-state index contributed by atoms with van der Waals surface area (Å²) >= 11 is 0. The van der Waals surface area contributed by atoms with Gasteiger partial charge in [0.2, 0.25) is 0 Å². The summed E-state index contributed by atoms with van der Waals surface area (Å²) in [5.41, 5.74) is 3.01. The molecule has 1 aliphatic rings. The first-order valence-electron chi connectivity index (χ1n) is 5.58. The van der Waals surface area contributed by atoms with Gasteiger partial charge in [-0.1, -0.05) is 37.6 Å². The van der Waals surface area contributed by atoms with Crippen molar-refractivity contribution in [2.75, 3.05) is 6.61 Å². The summed E-state index contributed by atoms with van der Waals surface area (Å²) in [6.45, 7) is 3.20. The molecule has 0 radical (unpaired) electrons. The smallest absolute Gasteiger partial charge is 0.0850 e. The van der Waals surface area contributed by atoms with Crippen molar-refractivity contribution in [1.29, 1.82) is 0 Å². The fourth-order valence-corrected chi connectivity index (χ4v) is 1.80. The number of hydrogen-bond acceptors (Lipinski definition) is 1. The molecular formula is C13H18O. The second-order valence-corrected chi connectivity index (χ2v) is 4.03. The van der Waals surface area contributed by atoms with Crippen LogP contribution >= 0.6 is 0 Å². The highest BCUT2D eigenvalue weighted by Crippen LogP contribution is 2.20. The highest BCUT2D eigenvalue weighted by molar-refractivity contribution is 5.28. The Kier molecular flexibility index (Phi) is 3.20. The summed E-state index contributed by atoms with van der Waals surface area (Å²) in [6, 6.07) is 8.77. The normalized spacial score (nSPS) is 19.6. The molecule has 1 nitrogen and oxygen atoms in total. The van der Waals surface area contributed by atoms with Gasteiger partial charge in [0.15, 0.2) is 0 Å². The molecule has 0 aliphatic carbocycles. The van der Waals surface area contributed by atoms with E-state index in [-0.39, 0.29) is 0 Å². The number of aryl methyl sites for hydroxylation is 1. The van der Waals surface area contributed by atoms with Crippen LogP contribution in [0.2, 0.25) is 0 Å². The van der Waals surface area contributed by atoms with Crippen molar-refractivity contribution in [2.24, 2.45) is 0 Å². The SMILES string of the molecule is CCCCc1ccccc1CC1CO1. The van der Waals surface area contributed by atoms with E-state index in [9.17, 15) is 0 Å². The number of ether oxygens (including phenoxy) is 1. The van der Waals surface area contributed by atoms with Crippen LogP contribution in [0.3, 0.4) is 0 Å². The third-order valence-electron chi connectivity index (χ3n) is 2.77. The highest BCUT2D eigenvalue weighted by Gasteiger charge is 2.23. The first-order valence-corrected chi connectivity index (χ1v) is 5.58. The third-order valence-corrected chi connectivity index (χ3v) is 2.77. The van der Waals surface area contributed by atoms with Crippen LogP contribution in [0, 0.1) is 0 Å². The van der Waals surface area contributed by atoms with Gasteiger partial charge in [-0.15, -0.1) is 0 Å². The zero-order valence-corrected chi connectivity index (χ0v) is 8.83. The predicted molar refractivity (Wildman–Crippen MR) is 58.5 cm³/mol. The van der Waals surface area contributed by atoms with Crippen molar-refractivity contribution in [3.8, 4) is 0 Å². The highest BCUT2D eigenvalue weighted by atomic mass is 16.6. The first-order chi connectivity index (χ1) is 6.90. The lowest BCUT2D eigenvalue weighted by molar-refractivity contribution is 0.407. The molecule has 1 aliphatic heterocycles. The van der Waals surface area contributed by atoms with E-state index >= 15 is 0 Å². The van der Waals surface area contributed by atoms with E-state index in [1.807, 2.05) is 0 Å². The molecular weight excluding hydrogens is 172 g/mol. The van der Waals surface area contributed by atoms with Gasteiger partial charge in [0.1, 0.15) is 0 Å². The summed E-state index contributed by atoms with van der Waals surface area (Å²) < 4.78 is 5.27. The van der Waals surface area contributed by atoms with E-state index in [1.54, 1.807) is 0 Å². The molecule has 1 saturated heterocycles. The Hall–Kier alpha value is -0.820. The van der Waals surface area contributed by atoms with Gasteiger partial charge in [-0.3, -0.25) is 0 Å². The zero-order chi connectivity index (χ0) is 9.80. The van der Waals surface area contributed by atoms with Gasteiger partial charge < -0.3 is 4.74 Å². The predicted octanol–water partition coefficient (Wildman–Crippen LogP) is 2.97. The molecule has 0 spiro atoms. The van der Waals surface area contributed by atoms with Gasteiger partial charge in [0.25, 0.3) is 0 Å². The Balaban J connectivity index is 2.02. The van der Waals surface area contributed by atoms with Crippen LogP contribution in [-0.4, -0.2) is 12.7 Å². The minimum atomic E-state index is 0.512. The van der Waals surface area contributed by atoms with Crippen molar-refractivity contribution in [2.45, 2.75) is 38.7 Å². The largest absolute Gasteiger partial charge is 0.373 e. The molecule has 1 fully saturated rings. The monoisotopic (exact) mass is 190 g/mol.